The second-order valence-electron chi connectivity index (χ2n) is 6.13. The van der Waals surface area contributed by atoms with E-state index in [2.05, 4.69) is 10.6 Å². The average Bonchev–Trinajstić information content (AvgIpc) is 2.89. The highest BCUT2D eigenvalue weighted by molar-refractivity contribution is 5.94. The molecule has 4 heteroatoms. The van der Waals surface area contributed by atoms with Gasteiger partial charge in [0.25, 0.3) is 5.91 Å². The monoisotopic (exact) mass is 276 g/mol. The third-order valence-electron chi connectivity index (χ3n) is 4.71. The summed E-state index contributed by atoms with van der Waals surface area (Å²) < 4.78 is 13.2. The van der Waals surface area contributed by atoms with Gasteiger partial charge < -0.3 is 10.6 Å². The van der Waals surface area contributed by atoms with Crippen molar-refractivity contribution < 1.29 is 9.18 Å². The molecule has 1 aromatic carbocycles. The Bertz CT molecular complexity index is 517. The normalized spacial score (nSPS) is 29.0. The van der Waals surface area contributed by atoms with E-state index in [1.54, 1.807) is 19.1 Å². The van der Waals surface area contributed by atoms with Crippen LogP contribution in [0.4, 0.5) is 4.39 Å². The second-order valence-corrected chi connectivity index (χ2v) is 6.13. The number of benzene rings is 1. The largest absolute Gasteiger partial charge is 0.349 e. The van der Waals surface area contributed by atoms with Crippen molar-refractivity contribution in [3.8, 4) is 0 Å². The molecule has 2 aliphatic rings. The molecule has 1 saturated carbocycles. The number of amides is 1. The molecule has 0 spiro atoms. The molecule has 108 valence electrons. The molecular formula is C16H21FN2O. The highest BCUT2D eigenvalue weighted by atomic mass is 19.1. The smallest absolute Gasteiger partial charge is 0.251 e. The van der Waals surface area contributed by atoms with E-state index in [9.17, 15) is 9.18 Å². The number of hydrogen-bond donors (Lipinski definition) is 2. The molecule has 20 heavy (non-hydrogen) atoms. The van der Waals surface area contributed by atoms with Crippen LogP contribution in [0.3, 0.4) is 0 Å². The van der Waals surface area contributed by atoms with E-state index in [1.807, 2.05) is 0 Å². The Labute approximate surface area is 118 Å². The third kappa shape index (κ3) is 2.70. The lowest BCUT2D eigenvalue weighted by Crippen LogP contribution is -2.40. The maximum absolute atomic E-state index is 13.2. The first-order valence-electron chi connectivity index (χ1n) is 7.41. The zero-order chi connectivity index (χ0) is 14.1. The third-order valence-corrected chi connectivity index (χ3v) is 4.71. The van der Waals surface area contributed by atoms with E-state index in [-0.39, 0.29) is 17.8 Å². The Morgan fingerprint density at radius 2 is 2.10 bits per heavy atom. The number of halogens is 1. The van der Waals surface area contributed by atoms with Gasteiger partial charge in [-0.05, 0) is 74.9 Å². The number of carbonyl (C=O) groups is 1. The molecule has 0 aromatic heterocycles. The lowest BCUT2D eigenvalue weighted by atomic mass is 9.79. The standard InChI is InChI=1S/C16H21FN2O/c1-10-6-11(3-5-15(10)17)16(20)19-14-4-2-12-8-18-9-13(12)7-14/h3,5-6,12-14,18H,2,4,7-9H2,1H3,(H,19,20)/t12-,13+,14?/m0/s1. The van der Waals surface area contributed by atoms with Crippen LogP contribution >= 0.6 is 0 Å². The molecule has 3 nitrogen and oxygen atoms in total. The van der Waals surface area contributed by atoms with E-state index < -0.39 is 0 Å². The van der Waals surface area contributed by atoms with E-state index >= 15 is 0 Å². The summed E-state index contributed by atoms with van der Waals surface area (Å²) >= 11 is 0. The van der Waals surface area contributed by atoms with Crippen LogP contribution in [0, 0.1) is 24.6 Å². The summed E-state index contributed by atoms with van der Waals surface area (Å²) in [4.78, 5) is 12.2. The van der Waals surface area contributed by atoms with Crippen molar-refractivity contribution in [3.05, 3.63) is 35.1 Å². The van der Waals surface area contributed by atoms with Gasteiger partial charge in [0, 0.05) is 11.6 Å². The molecule has 1 amide bonds. The van der Waals surface area contributed by atoms with Gasteiger partial charge in [-0.15, -0.1) is 0 Å². The quantitative estimate of drug-likeness (QED) is 0.870. The van der Waals surface area contributed by atoms with Gasteiger partial charge in [-0.2, -0.15) is 0 Å². The molecule has 1 aromatic rings. The van der Waals surface area contributed by atoms with Crippen LogP contribution < -0.4 is 10.6 Å². The van der Waals surface area contributed by atoms with Crippen molar-refractivity contribution in [3.63, 3.8) is 0 Å². The molecular weight excluding hydrogens is 255 g/mol. The van der Waals surface area contributed by atoms with Crippen molar-refractivity contribution in [1.29, 1.82) is 0 Å². The summed E-state index contributed by atoms with van der Waals surface area (Å²) in [6.45, 7) is 3.89. The maximum atomic E-state index is 13.2. The van der Waals surface area contributed by atoms with Gasteiger partial charge in [0.15, 0.2) is 0 Å². The molecule has 1 unspecified atom stereocenters. The fourth-order valence-corrected chi connectivity index (χ4v) is 3.49. The topological polar surface area (TPSA) is 41.1 Å². The van der Waals surface area contributed by atoms with Crippen molar-refractivity contribution in [2.45, 2.75) is 32.2 Å². The predicted molar refractivity (Wildman–Crippen MR) is 76.1 cm³/mol. The first kappa shape index (κ1) is 13.6. The minimum atomic E-state index is -0.265. The minimum absolute atomic E-state index is 0.0810. The van der Waals surface area contributed by atoms with Gasteiger partial charge in [0.1, 0.15) is 5.82 Å². The molecule has 3 atom stereocenters. The molecule has 2 fully saturated rings. The van der Waals surface area contributed by atoms with Crippen LogP contribution in [-0.4, -0.2) is 25.0 Å². The van der Waals surface area contributed by atoms with Crippen molar-refractivity contribution in [1.82, 2.24) is 10.6 Å². The highest BCUT2D eigenvalue weighted by Crippen LogP contribution is 2.32. The number of carbonyl (C=O) groups excluding carboxylic acids is 1. The van der Waals surface area contributed by atoms with Crippen LogP contribution in [0.5, 0.6) is 0 Å². The highest BCUT2D eigenvalue weighted by Gasteiger charge is 2.34. The fraction of sp³-hybridized carbons (Fsp3) is 0.562. The Morgan fingerprint density at radius 1 is 1.30 bits per heavy atom. The zero-order valence-electron chi connectivity index (χ0n) is 11.8. The Morgan fingerprint density at radius 3 is 2.90 bits per heavy atom. The van der Waals surface area contributed by atoms with Crippen molar-refractivity contribution in [2.75, 3.05) is 13.1 Å². The average molecular weight is 276 g/mol. The van der Waals surface area contributed by atoms with E-state index in [0.29, 0.717) is 17.0 Å². The molecule has 1 heterocycles. The first-order valence-corrected chi connectivity index (χ1v) is 7.41. The molecule has 2 N–H and O–H groups in total. The number of rotatable bonds is 2. The van der Waals surface area contributed by atoms with Crippen LogP contribution in [0.15, 0.2) is 18.2 Å². The molecule has 1 aliphatic carbocycles. The SMILES string of the molecule is Cc1cc(C(=O)NC2CC[C@H]3CNC[C@H]3C2)ccc1F. The van der Waals surface area contributed by atoms with Gasteiger partial charge >= 0.3 is 0 Å². The summed E-state index contributed by atoms with van der Waals surface area (Å²) in [5.74, 6) is 1.14. The predicted octanol–water partition coefficient (Wildman–Crippen LogP) is 2.25. The lowest BCUT2D eigenvalue weighted by molar-refractivity contribution is 0.0913. The second kappa shape index (κ2) is 5.52. The minimum Gasteiger partial charge on any atom is -0.349 e. The van der Waals surface area contributed by atoms with Crippen LogP contribution in [0.1, 0.15) is 35.2 Å². The summed E-state index contributed by atoms with van der Waals surface area (Å²) in [7, 11) is 0. The van der Waals surface area contributed by atoms with Crippen LogP contribution in [-0.2, 0) is 0 Å². The molecule has 0 radical (unpaired) electrons. The van der Waals surface area contributed by atoms with E-state index in [4.69, 9.17) is 0 Å². The summed E-state index contributed by atoms with van der Waals surface area (Å²) in [6.07, 6.45) is 3.30. The zero-order valence-corrected chi connectivity index (χ0v) is 11.8. The lowest BCUT2D eigenvalue weighted by Gasteiger charge is -2.31. The van der Waals surface area contributed by atoms with Gasteiger partial charge in [-0.25, -0.2) is 4.39 Å². The summed E-state index contributed by atoms with van der Waals surface area (Å²) in [5, 5.41) is 6.53. The first-order chi connectivity index (χ1) is 9.63. The Kier molecular flexibility index (Phi) is 3.74. The maximum Gasteiger partial charge on any atom is 0.251 e. The fourth-order valence-electron chi connectivity index (χ4n) is 3.49. The Balaban J connectivity index is 1.62. The van der Waals surface area contributed by atoms with Crippen LogP contribution in [0.25, 0.3) is 0 Å². The van der Waals surface area contributed by atoms with E-state index in [1.165, 1.54) is 12.5 Å². The van der Waals surface area contributed by atoms with Gasteiger partial charge in [-0.1, -0.05) is 0 Å². The van der Waals surface area contributed by atoms with E-state index in [0.717, 1.165) is 31.8 Å². The molecule has 0 bridgehead atoms. The number of aryl methyl sites for hydroxylation is 1. The number of nitrogens with one attached hydrogen (secondary N) is 2. The summed E-state index contributed by atoms with van der Waals surface area (Å²) in [6, 6.07) is 4.80. The Hall–Kier alpha value is -1.42. The number of fused-ring (bicyclic) bond motifs is 1. The van der Waals surface area contributed by atoms with Crippen LogP contribution in [0.2, 0.25) is 0 Å². The van der Waals surface area contributed by atoms with Crippen molar-refractivity contribution in [2.24, 2.45) is 11.8 Å². The van der Waals surface area contributed by atoms with Crippen molar-refractivity contribution >= 4 is 5.91 Å². The van der Waals surface area contributed by atoms with Gasteiger partial charge in [0.05, 0.1) is 0 Å². The van der Waals surface area contributed by atoms with Gasteiger partial charge in [0.2, 0.25) is 0 Å². The summed E-state index contributed by atoms with van der Waals surface area (Å²) in [5.41, 5.74) is 1.07. The van der Waals surface area contributed by atoms with Gasteiger partial charge in [-0.3, -0.25) is 4.79 Å². The molecule has 1 saturated heterocycles. The number of hydrogen-bond acceptors (Lipinski definition) is 2. The molecule has 1 aliphatic heterocycles. The molecule has 3 rings (SSSR count).